The summed E-state index contributed by atoms with van der Waals surface area (Å²) in [5, 5.41) is 0.509. The summed E-state index contributed by atoms with van der Waals surface area (Å²) < 4.78 is 14.4. The van der Waals surface area contributed by atoms with Crippen LogP contribution < -0.4 is 9.80 Å². The van der Waals surface area contributed by atoms with Gasteiger partial charge in [0.2, 0.25) is 0 Å². The summed E-state index contributed by atoms with van der Waals surface area (Å²) in [4.78, 5) is 29.2. The van der Waals surface area contributed by atoms with Crippen molar-refractivity contribution in [2.24, 2.45) is 0 Å². The molecule has 6 heteroatoms. The largest absolute Gasteiger partial charge is 0.339 e. The fraction of sp³-hybridized carbons (Fsp3) is 0.0435. The van der Waals surface area contributed by atoms with Crippen molar-refractivity contribution in [2.45, 2.75) is 0 Å². The molecule has 29 heavy (non-hydrogen) atoms. The monoisotopic (exact) mass is 406 g/mol. The van der Waals surface area contributed by atoms with Crippen LogP contribution in [0.1, 0.15) is 5.56 Å². The van der Waals surface area contributed by atoms with E-state index in [0.717, 1.165) is 10.6 Å². The number of para-hydroxylation sites is 2. The number of halogens is 2. The van der Waals surface area contributed by atoms with Gasteiger partial charge in [0.15, 0.2) is 0 Å². The van der Waals surface area contributed by atoms with Gasteiger partial charge in [-0.2, -0.15) is 0 Å². The van der Waals surface area contributed by atoms with Crippen LogP contribution in [0.2, 0.25) is 5.02 Å². The minimum atomic E-state index is -0.645. The highest BCUT2D eigenvalue weighted by atomic mass is 35.5. The van der Waals surface area contributed by atoms with Crippen LogP contribution in [0.3, 0.4) is 0 Å². The van der Waals surface area contributed by atoms with E-state index in [0.29, 0.717) is 10.6 Å². The lowest BCUT2D eigenvalue weighted by Crippen LogP contribution is -2.34. The molecule has 0 fully saturated rings. The van der Waals surface area contributed by atoms with Gasteiger partial charge in [0, 0.05) is 17.8 Å². The molecule has 1 aliphatic rings. The Labute approximate surface area is 172 Å². The van der Waals surface area contributed by atoms with Crippen molar-refractivity contribution in [3.63, 3.8) is 0 Å². The number of carbonyl (C=O) groups excluding carboxylic acids is 2. The van der Waals surface area contributed by atoms with Crippen LogP contribution in [0.5, 0.6) is 0 Å². The van der Waals surface area contributed by atoms with E-state index in [1.54, 1.807) is 42.3 Å². The highest BCUT2D eigenvalue weighted by Gasteiger charge is 2.42. The van der Waals surface area contributed by atoms with E-state index >= 15 is 0 Å². The van der Waals surface area contributed by atoms with Gasteiger partial charge < -0.3 is 4.90 Å². The minimum absolute atomic E-state index is 0.0783. The summed E-state index contributed by atoms with van der Waals surface area (Å²) in [5.41, 5.74) is 1.55. The van der Waals surface area contributed by atoms with Gasteiger partial charge in [-0.25, -0.2) is 9.29 Å². The molecule has 4 nitrogen and oxygen atoms in total. The van der Waals surface area contributed by atoms with Gasteiger partial charge in [-0.15, -0.1) is 0 Å². The number of nitrogens with zero attached hydrogens (tertiary/aromatic N) is 2. The molecular weight excluding hydrogens is 391 g/mol. The second kappa shape index (κ2) is 7.53. The smallest absolute Gasteiger partial charge is 0.282 e. The molecule has 0 bridgehead atoms. The van der Waals surface area contributed by atoms with Crippen LogP contribution in [-0.4, -0.2) is 18.9 Å². The molecule has 1 heterocycles. The molecule has 0 saturated heterocycles. The first-order valence-electron chi connectivity index (χ1n) is 8.91. The topological polar surface area (TPSA) is 40.6 Å². The molecule has 0 saturated carbocycles. The molecule has 4 rings (SSSR count). The van der Waals surface area contributed by atoms with Gasteiger partial charge in [-0.1, -0.05) is 54.1 Å². The first-order chi connectivity index (χ1) is 14.0. The molecule has 0 aliphatic carbocycles. The van der Waals surface area contributed by atoms with Crippen molar-refractivity contribution in [1.29, 1.82) is 0 Å². The molecule has 0 spiro atoms. The Kier molecular flexibility index (Phi) is 4.91. The maximum Gasteiger partial charge on any atom is 0.282 e. The zero-order chi connectivity index (χ0) is 20.5. The highest BCUT2D eigenvalue weighted by molar-refractivity contribution is 6.46. The molecule has 0 radical (unpaired) electrons. The Balaban J connectivity index is 1.90. The maximum atomic E-state index is 14.4. The predicted octanol–water partition coefficient (Wildman–Crippen LogP) is 4.90. The molecular formula is C23H16ClFN2O2. The van der Waals surface area contributed by atoms with Crippen molar-refractivity contribution in [3.05, 3.63) is 101 Å². The van der Waals surface area contributed by atoms with Gasteiger partial charge >= 0.3 is 0 Å². The number of amides is 2. The molecule has 3 aromatic rings. The first-order valence-corrected chi connectivity index (χ1v) is 9.29. The van der Waals surface area contributed by atoms with E-state index in [1.807, 2.05) is 30.3 Å². The maximum absolute atomic E-state index is 14.4. The average molecular weight is 407 g/mol. The Hall–Kier alpha value is -3.44. The second-order valence-electron chi connectivity index (χ2n) is 6.52. The summed E-state index contributed by atoms with van der Waals surface area (Å²) in [6, 6.07) is 21.6. The van der Waals surface area contributed by atoms with Crippen molar-refractivity contribution in [2.75, 3.05) is 16.8 Å². The number of carbonyl (C=O) groups is 2. The second-order valence-corrected chi connectivity index (χ2v) is 6.96. The summed E-state index contributed by atoms with van der Waals surface area (Å²) in [5.74, 6) is -1.81. The third-order valence-electron chi connectivity index (χ3n) is 4.76. The molecule has 0 aromatic heterocycles. The number of hydrogen-bond donors (Lipinski definition) is 0. The minimum Gasteiger partial charge on any atom is -0.339 e. The fourth-order valence-electron chi connectivity index (χ4n) is 3.34. The summed E-state index contributed by atoms with van der Waals surface area (Å²) >= 11 is 5.99. The molecule has 1 aliphatic heterocycles. The van der Waals surface area contributed by atoms with Crippen molar-refractivity contribution in [1.82, 2.24) is 0 Å². The average Bonchev–Trinajstić information content (AvgIpc) is 2.99. The van der Waals surface area contributed by atoms with E-state index in [9.17, 15) is 14.0 Å². The van der Waals surface area contributed by atoms with E-state index in [4.69, 9.17) is 11.6 Å². The molecule has 0 atom stereocenters. The third kappa shape index (κ3) is 3.30. The molecule has 3 aromatic carbocycles. The Morgan fingerprint density at radius 1 is 0.828 bits per heavy atom. The van der Waals surface area contributed by atoms with Crippen LogP contribution in [-0.2, 0) is 9.59 Å². The Morgan fingerprint density at radius 3 is 2.10 bits per heavy atom. The number of anilines is 2. The lowest BCUT2D eigenvalue weighted by atomic mass is 10.0. The third-order valence-corrected chi connectivity index (χ3v) is 5.02. The van der Waals surface area contributed by atoms with Crippen LogP contribution in [0.15, 0.2) is 84.6 Å². The highest BCUT2D eigenvalue weighted by Crippen LogP contribution is 2.37. The summed E-state index contributed by atoms with van der Waals surface area (Å²) in [7, 11) is 1.70. The van der Waals surface area contributed by atoms with Crippen LogP contribution in [0, 0.1) is 5.82 Å². The van der Waals surface area contributed by atoms with Crippen LogP contribution in [0.4, 0.5) is 15.8 Å². The number of rotatable bonds is 4. The van der Waals surface area contributed by atoms with Gasteiger partial charge in [-0.05, 0) is 42.0 Å². The molecule has 144 valence electrons. The molecule has 0 N–H and O–H groups in total. The Bertz CT molecular complexity index is 1130. The SMILES string of the molecule is CN(C1=C(c2ccc(Cl)cc2)C(=O)N(c2ccccc2F)C1=O)c1ccccc1. The van der Waals surface area contributed by atoms with Crippen LogP contribution in [0.25, 0.3) is 5.57 Å². The van der Waals surface area contributed by atoms with E-state index in [-0.39, 0.29) is 17.0 Å². The van der Waals surface area contributed by atoms with Gasteiger partial charge in [-0.3, -0.25) is 9.59 Å². The van der Waals surface area contributed by atoms with E-state index in [2.05, 4.69) is 0 Å². The zero-order valence-corrected chi connectivity index (χ0v) is 16.2. The zero-order valence-electron chi connectivity index (χ0n) is 15.5. The Morgan fingerprint density at radius 2 is 1.45 bits per heavy atom. The number of benzene rings is 3. The van der Waals surface area contributed by atoms with Gasteiger partial charge in [0.05, 0.1) is 11.3 Å². The quantitative estimate of drug-likeness (QED) is 0.578. The van der Waals surface area contributed by atoms with Gasteiger partial charge in [0.25, 0.3) is 11.8 Å². The summed E-state index contributed by atoms with van der Waals surface area (Å²) in [6.07, 6.45) is 0. The van der Waals surface area contributed by atoms with Gasteiger partial charge in [0.1, 0.15) is 11.5 Å². The first kappa shape index (κ1) is 18.9. The predicted molar refractivity (Wildman–Crippen MR) is 112 cm³/mol. The molecule has 0 unspecified atom stereocenters. The van der Waals surface area contributed by atoms with E-state index in [1.165, 1.54) is 18.2 Å². The molecule has 2 amide bonds. The lowest BCUT2D eigenvalue weighted by Gasteiger charge is -2.21. The van der Waals surface area contributed by atoms with E-state index < -0.39 is 17.6 Å². The van der Waals surface area contributed by atoms with Crippen LogP contribution >= 0.6 is 11.6 Å². The summed E-state index contributed by atoms with van der Waals surface area (Å²) in [6.45, 7) is 0. The van der Waals surface area contributed by atoms with Crippen molar-refractivity contribution < 1.29 is 14.0 Å². The normalized spacial score (nSPS) is 14.0. The number of likely N-dealkylation sites (N-methyl/N-ethyl adjacent to an activating group) is 1. The van der Waals surface area contributed by atoms with Crippen molar-refractivity contribution in [3.8, 4) is 0 Å². The standard InChI is InChI=1S/C23H16ClFN2O2/c1-26(17-7-3-2-4-8-17)21-20(15-11-13-16(24)14-12-15)22(28)27(23(21)29)19-10-6-5-9-18(19)25/h2-14H,1H3. The number of imide groups is 1. The van der Waals surface area contributed by atoms with Crippen molar-refractivity contribution >= 4 is 40.4 Å². The fourth-order valence-corrected chi connectivity index (χ4v) is 3.46. The lowest BCUT2D eigenvalue weighted by molar-refractivity contribution is -0.120. The number of hydrogen-bond acceptors (Lipinski definition) is 3.